The summed E-state index contributed by atoms with van der Waals surface area (Å²) >= 11 is 0. The molecule has 31 heavy (non-hydrogen) atoms. The number of hydrogen-bond acceptors (Lipinski definition) is 6. The molecule has 0 saturated heterocycles. The third-order valence-corrected chi connectivity index (χ3v) is 4.73. The lowest BCUT2D eigenvalue weighted by molar-refractivity contribution is -0.137. The van der Waals surface area contributed by atoms with Gasteiger partial charge in [-0.05, 0) is 32.1 Å². The molecule has 0 aliphatic rings. The molecular formula is C17H24B3F3N8. The molecule has 3 aromatic heterocycles. The van der Waals surface area contributed by atoms with E-state index in [1.165, 1.54) is 0 Å². The second-order valence-electron chi connectivity index (χ2n) is 8.62. The number of hydrogen-bond donors (Lipinski definition) is 2. The Morgan fingerprint density at radius 3 is 2.42 bits per heavy atom. The predicted octanol–water partition coefficient (Wildman–Crippen LogP) is 0.314. The zero-order valence-corrected chi connectivity index (χ0v) is 18.4. The van der Waals surface area contributed by atoms with E-state index >= 15 is 0 Å². The van der Waals surface area contributed by atoms with Crippen LogP contribution in [0.3, 0.4) is 0 Å². The number of nitrogens with one attached hydrogen (secondary N) is 2. The second-order valence-corrected chi connectivity index (χ2v) is 8.62. The van der Waals surface area contributed by atoms with Crippen molar-refractivity contribution in [3.8, 4) is 0 Å². The van der Waals surface area contributed by atoms with Crippen LogP contribution in [-0.4, -0.2) is 59.6 Å². The highest BCUT2D eigenvalue weighted by molar-refractivity contribution is 6.56. The van der Waals surface area contributed by atoms with Gasteiger partial charge in [-0.2, -0.15) is 28.4 Å². The van der Waals surface area contributed by atoms with Gasteiger partial charge in [0.15, 0.2) is 0 Å². The van der Waals surface area contributed by atoms with Crippen molar-refractivity contribution >= 4 is 41.1 Å². The minimum atomic E-state index is -4.55. The molecule has 0 aromatic carbocycles. The standard InChI is InChI=1S/C17H24B3F3N8/c1-4-24-13-10(16(21,22)23)9-25-14(28-13)27-12-8-11(29-31(12)17(18,19)20)15(2,3)30-7-5-6-26-30/h5-9H,4,18-20H2,1-3H3,(H2,24,25,27,28). The van der Waals surface area contributed by atoms with Gasteiger partial charge in [0.1, 0.15) is 46.3 Å². The van der Waals surface area contributed by atoms with Crippen molar-refractivity contribution in [3.05, 3.63) is 42.0 Å². The normalized spacial score (nSPS) is 12.7. The minimum Gasteiger partial charge on any atom is -0.370 e. The Kier molecular flexibility index (Phi) is 5.85. The van der Waals surface area contributed by atoms with Gasteiger partial charge in [-0.1, -0.05) is 0 Å². The molecule has 3 heterocycles. The maximum Gasteiger partial charge on any atom is 0.421 e. The first-order chi connectivity index (χ1) is 14.3. The molecule has 0 aliphatic carbocycles. The highest BCUT2D eigenvalue weighted by Gasteiger charge is 2.35. The Morgan fingerprint density at radius 2 is 1.87 bits per heavy atom. The first kappa shape index (κ1) is 22.8. The van der Waals surface area contributed by atoms with Crippen LogP contribution in [0.4, 0.5) is 30.8 Å². The lowest BCUT2D eigenvalue weighted by Crippen LogP contribution is -2.37. The summed E-state index contributed by atoms with van der Waals surface area (Å²) in [4.78, 5) is 7.94. The van der Waals surface area contributed by atoms with Gasteiger partial charge >= 0.3 is 6.18 Å². The molecule has 0 bridgehead atoms. The van der Waals surface area contributed by atoms with E-state index in [4.69, 9.17) is 5.10 Å². The number of halogens is 3. The molecule has 0 saturated carbocycles. The third kappa shape index (κ3) is 4.72. The molecule has 162 valence electrons. The molecule has 8 nitrogen and oxygen atoms in total. The summed E-state index contributed by atoms with van der Waals surface area (Å²) in [6.45, 7) is 5.96. The Bertz CT molecular complexity index is 1040. The van der Waals surface area contributed by atoms with E-state index < -0.39 is 22.5 Å². The number of alkyl halides is 3. The Balaban J connectivity index is 2.03. The maximum atomic E-state index is 13.3. The molecule has 2 N–H and O–H groups in total. The lowest BCUT2D eigenvalue weighted by atomic mass is 9.49. The van der Waals surface area contributed by atoms with Gasteiger partial charge in [-0.15, -0.1) is 0 Å². The zero-order chi connectivity index (χ0) is 23.0. The smallest absolute Gasteiger partial charge is 0.370 e. The van der Waals surface area contributed by atoms with E-state index in [9.17, 15) is 13.2 Å². The third-order valence-electron chi connectivity index (χ3n) is 4.73. The Labute approximate surface area is 181 Å². The van der Waals surface area contributed by atoms with Crippen molar-refractivity contribution in [1.82, 2.24) is 29.5 Å². The second kappa shape index (κ2) is 7.97. The lowest BCUT2D eigenvalue weighted by Gasteiger charge is -2.25. The van der Waals surface area contributed by atoms with Crippen LogP contribution in [0.5, 0.6) is 0 Å². The number of aromatic nitrogens is 6. The van der Waals surface area contributed by atoms with Gasteiger partial charge in [-0.25, -0.2) is 4.98 Å². The fraction of sp³-hybridized carbons (Fsp3) is 0.412. The van der Waals surface area contributed by atoms with Crippen molar-refractivity contribution in [1.29, 1.82) is 0 Å². The molecular weight excluding hydrogens is 406 g/mol. The van der Waals surface area contributed by atoms with Gasteiger partial charge in [-0.3, -0.25) is 9.36 Å². The average molecular weight is 430 g/mol. The van der Waals surface area contributed by atoms with Crippen LogP contribution in [0.25, 0.3) is 0 Å². The summed E-state index contributed by atoms with van der Waals surface area (Å²) in [7, 11) is 5.94. The van der Waals surface area contributed by atoms with Crippen LogP contribution in [0.15, 0.2) is 30.7 Å². The first-order valence-corrected chi connectivity index (χ1v) is 9.90. The van der Waals surface area contributed by atoms with Gasteiger partial charge < -0.3 is 10.6 Å². The largest absolute Gasteiger partial charge is 0.421 e. The molecule has 0 radical (unpaired) electrons. The van der Waals surface area contributed by atoms with E-state index in [-0.39, 0.29) is 11.8 Å². The van der Waals surface area contributed by atoms with E-state index in [2.05, 4.69) is 25.7 Å². The number of rotatable bonds is 7. The zero-order valence-electron chi connectivity index (χ0n) is 18.4. The first-order valence-electron chi connectivity index (χ1n) is 9.90. The van der Waals surface area contributed by atoms with Crippen LogP contribution >= 0.6 is 0 Å². The van der Waals surface area contributed by atoms with Gasteiger partial charge in [0.2, 0.25) is 5.95 Å². The Hall–Kier alpha value is -2.92. The quantitative estimate of drug-likeness (QED) is 0.526. The molecule has 0 spiro atoms. The van der Waals surface area contributed by atoms with Gasteiger partial charge in [0.05, 0.1) is 5.69 Å². The highest BCUT2D eigenvalue weighted by Crippen LogP contribution is 2.34. The number of nitrogens with zero attached hydrogens (tertiary/aromatic N) is 6. The van der Waals surface area contributed by atoms with Crippen LogP contribution in [0, 0.1) is 0 Å². The van der Waals surface area contributed by atoms with Crippen molar-refractivity contribution < 1.29 is 13.2 Å². The summed E-state index contributed by atoms with van der Waals surface area (Å²) in [6.07, 6.45) is -0.227. The monoisotopic (exact) mass is 430 g/mol. The highest BCUT2D eigenvalue weighted by atomic mass is 19.4. The van der Waals surface area contributed by atoms with Crippen molar-refractivity contribution in [3.63, 3.8) is 0 Å². The van der Waals surface area contributed by atoms with Crippen LogP contribution in [-0.2, 0) is 17.0 Å². The average Bonchev–Trinajstić information content (AvgIpc) is 3.31. The van der Waals surface area contributed by atoms with Gasteiger partial charge in [0, 0.05) is 31.2 Å². The molecule has 0 aliphatic heterocycles. The van der Waals surface area contributed by atoms with E-state index in [0.29, 0.717) is 12.4 Å². The van der Waals surface area contributed by atoms with E-state index in [1.807, 2.05) is 55.7 Å². The molecule has 14 heteroatoms. The SMILES string of the molecule is BC(B)(B)n1nc(C(C)(C)n2cccn2)cc1Nc1ncc(C(F)(F)F)c(NCC)n1. The fourth-order valence-electron chi connectivity index (χ4n) is 3.06. The topological polar surface area (TPSA) is 85.5 Å². The van der Waals surface area contributed by atoms with Gasteiger partial charge in [0.25, 0.3) is 0 Å². The summed E-state index contributed by atoms with van der Waals surface area (Å²) in [5.41, 5.74) is -0.732. The molecule has 3 aromatic rings. The van der Waals surface area contributed by atoms with Crippen molar-refractivity contribution in [2.75, 3.05) is 17.2 Å². The fourth-order valence-corrected chi connectivity index (χ4v) is 3.06. The van der Waals surface area contributed by atoms with E-state index in [0.717, 1.165) is 11.9 Å². The van der Waals surface area contributed by atoms with Crippen molar-refractivity contribution in [2.24, 2.45) is 0 Å². The molecule has 0 unspecified atom stereocenters. The van der Waals surface area contributed by atoms with Crippen molar-refractivity contribution in [2.45, 2.75) is 37.7 Å². The summed E-state index contributed by atoms with van der Waals surface area (Å²) in [5, 5.41) is 14.4. The molecule has 0 amide bonds. The predicted molar refractivity (Wildman–Crippen MR) is 121 cm³/mol. The summed E-state index contributed by atoms with van der Waals surface area (Å²) in [6, 6.07) is 3.67. The number of anilines is 3. The van der Waals surface area contributed by atoms with Crippen LogP contribution in [0.1, 0.15) is 32.0 Å². The molecule has 0 fully saturated rings. The maximum absolute atomic E-state index is 13.3. The van der Waals surface area contributed by atoms with E-state index in [1.54, 1.807) is 22.5 Å². The summed E-state index contributed by atoms with van der Waals surface area (Å²) in [5.74, 6) is 0.328. The summed E-state index contributed by atoms with van der Waals surface area (Å²) < 4.78 is 43.3. The van der Waals surface area contributed by atoms with Crippen LogP contribution < -0.4 is 10.6 Å². The Morgan fingerprint density at radius 1 is 1.16 bits per heavy atom. The minimum absolute atomic E-state index is 0.0396. The molecule has 3 rings (SSSR count). The van der Waals surface area contributed by atoms with Crippen LogP contribution in [0.2, 0.25) is 0 Å². The molecule has 0 atom stereocenters.